The van der Waals surface area contributed by atoms with Gasteiger partial charge in [0.2, 0.25) is 0 Å². The highest BCUT2D eigenvalue weighted by Crippen LogP contribution is 2.34. The molecule has 0 unspecified atom stereocenters. The average Bonchev–Trinajstić information content (AvgIpc) is 2.28. The van der Waals surface area contributed by atoms with Gasteiger partial charge in [-0.2, -0.15) is 0 Å². The smallest absolute Gasteiger partial charge is 0.132 e. The Morgan fingerprint density at radius 1 is 0.941 bits per heavy atom. The molecule has 0 heterocycles. The predicted molar refractivity (Wildman–Crippen MR) is 75.5 cm³/mol. The maximum absolute atomic E-state index is 9.75. The van der Waals surface area contributed by atoms with E-state index in [1.165, 1.54) is 16.7 Å². The lowest BCUT2D eigenvalue weighted by molar-refractivity contribution is 0.468. The minimum atomic E-state index is 0.319. The normalized spacial score (nSPS) is 10.6. The highest BCUT2D eigenvalue weighted by Gasteiger charge is 2.08. The number of aryl methyl sites for hydroxylation is 3. The van der Waals surface area contributed by atoms with Gasteiger partial charge < -0.3 is 5.11 Å². The molecule has 0 aliphatic heterocycles. The van der Waals surface area contributed by atoms with Gasteiger partial charge in [-0.25, -0.2) is 0 Å². The molecular weight excluding hydrogens is 276 g/mol. The first-order chi connectivity index (χ1) is 7.99. The van der Waals surface area contributed by atoms with Crippen molar-refractivity contribution in [3.8, 4) is 16.9 Å². The van der Waals surface area contributed by atoms with Crippen LogP contribution in [0.15, 0.2) is 34.8 Å². The summed E-state index contributed by atoms with van der Waals surface area (Å²) in [6, 6.07) is 10.4. The molecule has 1 nitrogen and oxygen atoms in total. The fraction of sp³-hybridized carbons (Fsp3) is 0.200. The third kappa shape index (κ3) is 2.37. The highest BCUT2D eigenvalue weighted by atomic mass is 79.9. The van der Waals surface area contributed by atoms with Crippen LogP contribution in [0, 0.1) is 20.8 Å². The van der Waals surface area contributed by atoms with Crippen molar-refractivity contribution < 1.29 is 5.11 Å². The molecule has 88 valence electrons. The Labute approximate surface area is 110 Å². The van der Waals surface area contributed by atoms with Crippen LogP contribution < -0.4 is 0 Å². The topological polar surface area (TPSA) is 20.2 Å². The summed E-state index contributed by atoms with van der Waals surface area (Å²) in [6.07, 6.45) is 0. The second-order valence-electron chi connectivity index (χ2n) is 4.44. The highest BCUT2D eigenvalue weighted by molar-refractivity contribution is 9.10. The molecule has 0 amide bonds. The molecule has 2 heteroatoms. The van der Waals surface area contributed by atoms with Crippen LogP contribution in [0.25, 0.3) is 11.1 Å². The Kier molecular flexibility index (Phi) is 3.25. The lowest BCUT2D eigenvalue weighted by atomic mass is 9.97. The molecule has 0 saturated heterocycles. The van der Waals surface area contributed by atoms with Crippen LogP contribution in [0.4, 0.5) is 0 Å². The van der Waals surface area contributed by atoms with Gasteiger partial charge in [0, 0.05) is 0 Å². The summed E-state index contributed by atoms with van der Waals surface area (Å²) >= 11 is 3.39. The number of benzene rings is 2. The standard InChI is InChI=1S/C15H15BrO/c1-9-4-5-10(2)13(6-9)12-7-11(3)15(17)14(16)8-12/h4-8,17H,1-3H3. The number of hydrogen-bond acceptors (Lipinski definition) is 1. The molecule has 0 aliphatic rings. The first-order valence-electron chi connectivity index (χ1n) is 5.56. The molecule has 0 radical (unpaired) electrons. The zero-order valence-electron chi connectivity index (χ0n) is 10.2. The minimum absolute atomic E-state index is 0.319. The summed E-state index contributed by atoms with van der Waals surface area (Å²) < 4.78 is 0.744. The molecule has 0 aliphatic carbocycles. The van der Waals surface area contributed by atoms with Crippen LogP contribution in [0.3, 0.4) is 0 Å². The Morgan fingerprint density at radius 3 is 2.29 bits per heavy atom. The van der Waals surface area contributed by atoms with Crippen LogP contribution >= 0.6 is 15.9 Å². The zero-order chi connectivity index (χ0) is 12.6. The monoisotopic (exact) mass is 290 g/mol. The number of rotatable bonds is 1. The zero-order valence-corrected chi connectivity index (χ0v) is 11.8. The van der Waals surface area contributed by atoms with Crippen molar-refractivity contribution in [3.63, 3.8) is 0 Å². The lowest BCUT2D eigenvalue weighted by Crippen LogP contribution is -1.87. The maximum Gasteiger partial charge on any atom is 0.132 e. The molecule has 2 aromatic carbocycles. The van der Waals surface area contributed by atoms with E-state index >= 15 is 0 Å². The number of phenolic OH excluding ortho intramolecular Hbond substituents is 1. The van der Waals surface area contributed by atoms with Crippen molar-refractivity contribution in [1.82, 2.24) is 0 Å². The Bertz CT molecular complexity index is 550. The fourth-order valence-corrected chi connectivity index (χ4v) is 2.50. The summed E-state index contributed by atoms with van der Waals surface area (Å²) in [4.78, 5) is 0. The van der Waals surface area contributed by atoms with Gasteiger partial charge in [0.25, 0.3) is 0 Å². The van der Waals surface area contributed by atoms with E-state index in [0.717, 1.165) is 15.6 Å². The van der Waals surface area contributed by atoms with Gasteiger partial charge in [0.1, 0.15) is 5.75 Å². The molecule has 0 saturated carbocycles. The molecule has 0 aromatic heterocycles. The van der Waals surface area contributed by atoms with Crippen LogP contribution in [-0.2, 0) is 0 Å². The predicted octanol–water partition coefficient (Wildman–Crippen LogP) is 4.75. The molecule has 0 fully saturated rings. The molecule has 0 spiro atoms. The summed E-state index contributed by atoms with van der Waals surface area (Å²) in [5.41, 5.74) is 5.72. The van der Waals surface area contributed by atoms with E-state index in [1.54, 1.807) is 0 Å². The van der Waals surface area contributed by atoms with Crippen molar-refractivity contribution in [3.05, 3.63) is 51.5 Å². The van der Waals surface area contributed by atoms with Gasteiger partial charge in [0.15, 0.2) is 0 Å². The van der Waals surface area contributed by atoms with Gasteiger partial charge >= 0.3 is 0 Å². The molecule has 1 N–H and O–H groups in total. The van der Waals surface area contributed by atoms with E-state index in [4.69, 9.17) is 0 Å². The molecule has 0 atom stereocenters. The van der Waals surface area contributed by atoms with Gasteiger partial charge in [-0.05, 0) is 71.1 Å². The summed E-state index contributed by atoms with van der Waals surface area (Å²) in [6.45, 7) is 6.10. The lowest BCUT2D eigenvalue weighted by Gasteiger charge is -2.10. The maximum atomic E-state index is 9.75. The Balaban J connectivity index is 2.64. The van der Waals surface area contributed by atoms with E-state index < -0.39 is 0 Å². The second kappa shape index (κ2) is 4.53. The van der Waals surface area contributed by atoms with Crippen molar-refractivity contribution in [2.75, 3.05) is 0 Å². The number of aromatic hydroxyl groups is 1. The molecule has 2 aromatic rings. The van der Waals surface area contributed by atoms with Gasteiger partial charge in [-0.1, -0.05) is 23.8 Å². The van der Waals surface area contributed by atoms with Crippen LogP contribution in [-0.4, -0.2) is 5.11 Å². The Morgan fingerprint density at radius 2 is 1.65 bits per heavy atom. The van der Waals surface area contributed by atoms with E-state index in [2.05, 4.69) is 48.0 Å². The van der Waals surface area contributed by atoms with Gasteiger partial charge in [0.05, 0.1) is 4.47 Å². The number of hydrogen-bond donors (Lipinski definition) is 1. The largest absolute Gasteiger partial charge is 0.506 e. The third-order valence-corrected chi connectivity index (χ3v) is 3.56. The van der Waals surface area contributed by atoms with Crippen molar-refractivity contribution in [2.24, 2.45) is 0 Å². The van der Waals surface area contributed by atoms with E-state index in [0.29, 0.717) is 5.75 Å². The Hall–Kier alpha value is -1.28. The molecular formula is C15H15BrO. The first-order valence-corrected chi connectivity index (χ1v) is 6.35. The molecule has 0 bridgehead atoms. The van der Waals surface area contributed by atoms with Gasteiger partial charge in [-0.3, -0.25) is 0 Å². The van der Waals surface area contributed by atoms with Crippen molar-refractivity contribution >= 4 is 15.9 Å². The van der Waals surface area contributed by atoms with Crippen LogP contribution in [0.5, 0.6) is 5.75 Å². The fourth-order valence-electron chi connectivity index (χ4n) is 1.94. The van der Waals surface area contributed by atoms with Gasteiger partial charge in [-0.15, -0.1) is 0 Å². The summed E-state index contributed by atoms with van der Waals surface area (Å²) in [7, 11) is 0. The van der Waals surface area contributed by atoms with E-state index in [-0.39, 0.29) is 0 Å². The third-order valence-electron chi connectivity index (χ3n) is 2.96. The van der Waals surface area contributed by atoms with Crippen LogP contribution in [0.2, 0.25) is 0 Å². The van der Waals surface area contributed by atoms with E-state index in [1.807, 2.05) is 19.1 Å². The van der Waals surface area contributed by atoms with Crippen LogP contribution in [0.1, 0.15) is 16.7 Å². The second-order valence-corrected chi connectivity index (χ2v) is 5.30. The summed E-state index contributed by atoms with van der Waals surface area (Å²) in [5.74, 6) is 0.319. The van der Waals surface area contributed by atoms with E-state index in [9.17, 15) is 5.11 Å². The SMILES string of the molecule is Cc1ccc(C)c(-c2cc(C)c(O)c(Br)c2)c1. The average molecular weight is 291 g/mol. The number of phenols is 1. The van der Waals surface area contributed by atoms with Crippen molar-refractivity contribution in [2.45, 2.75) is 20.8 Å². The number of halogens is 1. The van der Waals surface area contributed by atoms with Crippen molar-refractivity contribution in [1.29, 1.82) is 0 Å². The molecule has 2 rings (SSSR count). The molecule has 17 heavy (non-hydrogen) atoms. The summed E-state index contributed by atoms with van der Waals surface area (Å²) in [5, 5.41) is 9.75. The minimum Gasteiger partial charge on any atom is -0.506 e. The first kappa shape index (κ1) is 12.2. The quantitative estimate of drug-likeness (QED) is 0.804.